The summed E-state index contributed by atoms with van der Waals surface area (Å²) < 4.78 is 0. The maximum Gasteiger partial charge on any atom is 0.340 e. The van der Waals surface area contributed by atoms with E-state index in [4.69, 9.17) is 5.11 Å². The molecule has 1 unspecified atom stereocenters. The summed E-state index contributed by atoms with van der Waals surface area (Å²) in [5, 5.41) is 11.5. The highest BCUT2D eigenvalue weighted by molar-refractivity contribution is 5.89. The molecule has 1 rings (SSSR count). The lowest BCUT2D eigenvalue weighted by atomic mass is 10.1. The maximum absolute atomic E-state index is 10.3. The topological polar surface area (TPSA) is 61.7 Å². The second-order valence-corrected chi connectivity index (χ2v) is 2.27. The lowest BCUT2D eigenvalue weighted by Crippen LogP contribution is -2.45. The van der Waals surface area contributed by atoms with Crippen molar-refractivity contribution in [1.29, 1.82) is 0 Å². The van der Waals surface area contributed by atoms with Crippen LogP contribution in [-0.4, -0.2) is 29.5 Å². The van der Waals surface area contributed by atoms with Crippen LogP contribution in [0.4, 0.5) is 4.79 Å². The number of β-amino-alcohol motifs (C(OH)–C–C–N with tert-alkyl or cyclic N) is 1. The highest BCUT2D eigenvalue weighted by Crippen LogP contribution is 2.00. The third kappa shape index (κ3) is 1.50. The molecule has 1 aliphatic heterocycles. The van der Waals surface area contributed by atoms with E-state index in [1.165, 1.54) is 6.21 Å². The Balaban J connectivity index is 2.69. The van der Waals surface area contributed by atoms with Crippen molar-refractivity contribution in [2.75, 3.05) is 6.54 Å². The molecule has 1 heterocycles. The molecule has 1 atom stereocenters. The van der Waals surface area contributed by atoms with Crippen molar-refractivity contribution in [2.24, 2.45) is 4.99 Å². The number of nitrogens with one attached hydrogen (secondary N) is 1. The van der Waals surface area contributed by atoms with Crippen molar-refractivity contribution in [1.82, 2.24) is 5.32 Å². The molecule has 9 heavy (non-hydrogen) atoms. The third-order valence-corrected chi connectivity index (χ3v) is 1.06. The second kappa shape index (κ2) is 1.80. The van der Waals surface area contributed by atoms with Crippen molar-refractivity contribution < 1.29 is 9.90 Å². The fourth-order valence-corrected chi connectivity index (χ4v) is 0.544. The summed E-state index contributed by atoms with van der Waals surface area (Å²) in [6, 6.07) is -0.387. The monoisotopic (exact) mass is 128 g/mol. The Labute approximate surface area is 52.6 Å². The lowest BCUT2D eigenvalue weighted by Gasteiger charge is -2.20. The molecule has 0 fully saturated rings. The van der Waals surface area contributed by atoms with Gasteiger partial charge in [0.25, 0.3) is 0 Å². The molecule has 0 bridgehead atoms. The van der Waals surface area contributed by atoms with E-state index in [9.17, 15) is 4.79 Å². The minimum atomic E-state index is -0.964. The van der Waals surface area contributed by atoms with E-state index < -0.39 is 5.60 Å². The molecule has 0 radical (unpaired) electrons. The summed E-state index contributed by atoms with van der Waals surface area (Å²) in [5.41, 5.74) is -0.964. The second-order valence-electron chi connectivity index (χ2n) is 2.27. The minimum Gasteiger partial charge on any atom is -0.383 e. The number of aliphatic imine (C=N–C) groups is 1. The van der Waals surface area contributed by atoms with Crippen LogP contribution in [0.3, 0.4) is 0 Å². The number of rotatable bonds is 0. The molecule has 0 aromatic carbocycles. The fraction of sp³-hybridized carbons (Fsp3) is 0.600. The first-order valence-electron chi connectivity index (χ1n) is 2.66. The normalized spacial score (nSPS) is 34.2. The summed E-state index contributed by atoms with van der Waals surface area (Å²) in [6.07, 6.45) is 1.24. The molecule has 0 aromatic heterocycles. The number of hydrogen-bond donors (Lipinski definition) is 2. The highest BCUT2D eigenvalue weighted by Gasteiger charge is 2.22. The molecule has 0 aliphatic carbocycles. The minimum absolute atomic E-state index is 0.245. The number of hydrogen-bond acceptors (Lipinski definition) is 2. The number of carbonyl (C=O) groups excluding carboxylic acids is 1. The van der Waals surface area contributed by atoms with Crippen LogP contribution in [-0.2, 0) is 0 Å². The summed E-state index contributed by atoms with van der Waals surface area (Å²) in [6.45, 7) is 1.82. The average Bonchev–Trinajstić information content (AvgIpc) is 1.78. The van der Waals surface area contributed by atoms with E-state index in [2.05, 4.69) is 10.3 Å². The molecule has 0 saturated heterocycles. The van der Waals surface area contributed by atoms with Crippen LogP contribution in [0.5, 0.6) is 0 Å². The molecule has 2 N–H and O–H groups in total. The Kier molecular flexibility index (Phi) is 1.25. The molecule has 4 nitrogen and oxygen atoms in total. The van der Waals surface area contributed by atoms with Crippen molar-refractivity contribution in [3.63, 3.8) is 0 Å². The summed E-state index contributed by atoms with van der Waals surface area (Å²) in [4.78, 5) is 13.7. The van der Waals surface area contributed by atoms with E-state index in [0.717, 1.165) is 0 Å². The van der Waals surface area contributed by atoms with Gasteiger partial charge in [-0.3, -0.25) is 0 Å². The quantitative estimate of drug-likeness (QED) is 0.463. The van der Waals surface area contributed by atoms with E-state index in [-0.39, 0.29) is 12.6 Å². The van der Waals surface area contributed by atoms with Gasteiger partial charge in [-0.15, -0.1) is 0 Å². The summed E-state index contributed by atoms with van der Waals surface area (Å²) in [7, 11) is 0. The van der Waals surface area contributed by atoms with Crippen molar-refractivity contribution in [2.45, 2.75) is 12.5 Å². The zero-order valence-electron chi connectivity index (χ0n) is 5.09. The Bertz CT molecular complexity index is 162. The molecule has 0 spiro atoms. The first-order valence-corrected chi connectivity index (χ1v) is 2.66. The molecule has 2 amide bonds. The number of urea groups is 1. The van der Waals surface area contributed by atoms with E-state index in [1.54, 1.807) is 6.92 Å². The number of nitrogens with zero attached hydrogens (tertiary/aromatic N) is 1. The van der Waals surface area contributed by atoms with Gasteiger partial charge in [0.2, 0.25) is 0 Å². The van der Waals surface area contributed by atoms with Crippen molar-refractivity contribution >= 4 is 12.2 Å². The van der Waals surface area contributed by atoms with Crippen LogP contribution in [0.2, 0.25) is 0 Å². The smallest absolute Gasteiger partial charge is 0.340 e. The van der Waals surface area contributed by atoms with Crippen molar-refractivity contribution in [3.8, 4) is 0 Å². The Hall–Kier alpha value is -0.900. The van der Waals surface area contributed by atoms with Gasteiger partial charge in [-0.2, -0.15) is 0 Å². The third-order valence-electron chi connectivity index (χ3n) is 1.06. The van der Waals surface area contributed by atoms with E-state index in [1.807, 2.05) is 0 Å². The molecule has 50 valence electrons. The predicted octanol–water partition coefficient (Wildman–Crippen LogP) is -0.469. The van der Waals surface area contributed by atoms with Crippen LogP contribution in [0.15, 0.2) is 4.99 Å². The number of amides is 2. The number of aliphatic hydroxyl groups is 1. The molecular weight excluding hydrogens is 120 g/mol. The first-order chi connectivity index (χ1) is 4.10. The van der Waals surface area contributed by atoms with Crippen LogP contribution in [0, 0.1) is 0 Å². The van der Waals surface area contributed by atoms with Crippen LogP contribution < -0.4 is 5.32 Å². The molecule has 0 aromatic rings. The Morgan fingerprint density at radius 1 is 2.00 bits per heavy atom. The molecule has 1 aliphatic rings. The molecule has 4 heteroatoms. The van der Waals surface area contributed by atoms with Crippen LogP contribution >= 0.6 is 0 Å². The van der Waals surface area contributed by atoms with Crippen LogP contribution in [0.1, 0.15) is 6.92 Å². The zero-order chi connectivity index (χ0) is 6.91. The largest absolute Gasteiger partial charge is 0.383 e. The van der Waals surface area contributed by atoms with Gasteiger partial charge in [-0.05, 0) is 6.92 Å². The Morgan fingerprint density at radius 3 is 3.00 bits per heavy atom. The standard InChI is InChI=1S/C5H8N2O2/c1-5(9)2-6-4(8)7-3-5/h2,9H,3H2,1H3,(H,7,8). The first kappa shape index (κ1) is 6.22. The van der Waals surface area contributed by atoms with Crippen LogP contribution in [0.25, 0.3) is 0 Å². The van der Waals surface area contributed by atoms with E-state index >= 15 is 0 Å². The summed E-state index contributed by atoms with van der Waals surface area (Å²) >= 11 is 0. The SMILES string of the molecule is CC1(O)C=NC(=O)NC1. The van der Waals surface area contributed by atoms with Gasteiger partial charge in [-0.25, -0.2) is 9.79 Å². The van der Waals surface area contributed by atoms with Gasteiger partial charge >= 0.3 is 6.03 Å². The maximum atomic E-state index is 10.3. The van der Waals surface area contributed by atoms with E-state index in [0.29, 0.717) is 0 Å². The van der Waals surface area contributed by atoms with Gasteiger partial charge < -0.3 is 10.4 Å². The van der Waals surface area contributed by atoms with Gasteiger partial charge in [0.15, 0.2) is 0 Å². The Morgan fingerprint density at radius 2 is 2.67 bits per heavy atom. The predicted molar refractivity (Wildman–Crippen MR) is 32.5 cm³/mol. The van der Waals surface area contributed by atoms with Gasteiger partial charge in [0.1, 0.15) is 5.60 Å². The zero-order valence-corrected chi connectivity index (χ0v) is 5.09. The number of carbonyl (C=O) groups is 1. The van der Waals surface area contributed by atoms with Crippen molar-refractivity contribution in [3.05, 3.63) is 0 Å². The molecule has 0 saturated carbocycles. The fourth-order valence-electron chi connectivity index (χ4n) is 0.544. The van der Waals surface area contributed by atoms with Gasteiger partial charge in [-0.1, -0.05) is 0 Å². The highest BCUT2D eigenvalue weighted by atomic mass is 16.3. The average molecular weight is 128 g/mol. The summed E-state index contributed by atoms with van der Waals surface area (Å²) in [5.74, 6) is 0. The van der Waals surface area contributed by atoms with Gasteiger partial charge in [0.05, 0.1) is 6.54 Å². The lowest BCUT2D eigenvalue weighted by molar-refractivity contribution is 0.133. The molecular formula is C5H8N2O2. The van der Waals surface area contributed by atoms with Gasteiger partial charge in [0, 0.05) is 6.21 Å².